The van der Waals surface area contributed by atoms with E-state index in [9.17, 15) is 4.39 Å². The molecular formula is C12H13FN2S. The van der Waals surface area contributed by atoms with Crippen LogP contribution in [-0.2, 0) is 0 Å². The molecule has 1 aromatic carbocycles. The monoisotopic (exact) mass is 236 g/mol. The Labute approximate surface area is 98.2 Å². The quantitative estimate of drug-likeness (QED) is 0.877. The van der Waals surface area contributed by atoms with Crippen LogP contribution in [0.5, 0.6) is 0 Å². The molecule has 1 atom stereocenters. The third-order valence-electron chi connectivity index (χ3n) is 2.38. The molecule has 0 fully saturated rings. The Morgan fingerprint density at radius 1 is 1.44 bits per heavy atom. The first-order valence-electron chi connectivity index (χ1n) is 5.09. The fourth-order valence-corrected chi connectivity index (χ4v) is 2.18. The second-order valence-electron chi connectivity index (χ2n) is 3.70. The normalized spacial score (nSPS) is 12.4. The molecule has 1 aromatic heterocycles. The van der Waals surface area contributed by atoms with Gasteiger partial charge < -0.3 is 5.32 Å². The van der Waals surface area contributed by atoms with Gasteiger partial charge in [-0.2, -0.15) is 0 Å². The summed E-state index contributed by atoms with van der Waals surface area (Å²) < 4.78 is 12.9. The van der Waals surface area contributed by atoms with Gasteiger partial charge in [-0.1, -0.05) is 0 Å². The fourth-order valence-electron chi connectivity index (χ4n) is 1.53. The zero-order valence-electron chi connectivity index (χ0n) is 9.20. The number of hydrogen-bond acceptors (Lipinski definition) is 3. The largest absolute Gasteiger partial charge is 0.376 e. The topological polar surface area (TPSA) is 24.9 Å². The average molecular weight is 236 g/mol. The predicted molar refractivity (Wildman–Crippen MR) is 65.3 cm³/mol. The molecule has 0 bridgehead atoms. The van der Waals surface area contributed by atoms with E-state index in [0.29, 0.717) is 0 Å². The first-order chi connectivity index (χ1) is 7.66. The maximum absolute atomic E-state index is 12.9. The molecular weight excluding hydrogens is 223 g/mol. The van der Waals surface area contributed by atoms with Gasteiger partial charge in [-0.3, -0.25) is 0 Å². The van der Waals surface area contributed by atoms with Crippen LogP contribution in [-0.4, -0.2) is 4.98 Å². The first kappa shape index (κ1) is 11.1. The number of halogens is 1. The lowest BCUT2D eigenvalue weighted by Gasteiger charge is -2.14. The van der Waals surface area contributed by atoms with E-state index in [1.807, 2.05) is 19.2 Å². The maximum atomic E-state index is 12.9. The number of thiazole rings is 1. The Bertz CT molecular complexity index is 468. The van der Waals surface area contributed by atoms with E-state index >= 15 is 0 Å². The van der Waals surface area contributed by atoms with Crippen LogP contribution in [0.1, 0.15) is 23.5 Å². The Morgan fingerprint density at radius 3 is 2.88 bits per heavy atom. The van der Waals surface area contributed by atoms with Crippen LogP contribution in [0, 0.1) is 12.7 Å². The van der Waals surface area contributed by atoms with Crippen molar-refractivity contribution in [2.75, 3.05) is 5.32 Å². The molecule has 16 heavy (non-hydrogen) atoms. The Kier molecular flexibility index (Phi) is 3.19. The number of nitrogens with zero attached hydrogens (tertiary/aromatic N) is 1. The highest BCUT2D eigenvalue weighted by molar-refractivity contribution is 7.09. The van der Waals surface area contributed by atoms with Crippen molar-refractivity contribution < 1.29 is 4.39 Å². The minimum Gasteiger partial charge on any atom is -0.376 e. The highest BCUT2D eigenvalue weighted by Crippen LogP contribution is 2.23. The average Bonchev–Trinajstić information content (AvgIpc) is 2.75. The first-order valence-corrected chi connectivity index (χ1v) is 5.97. The Hall–Kier alpha value is -1.42. The van der Waals surface area contributed by atoms with Gasteiger partial charge in [0, 0.05) is 17.3 Å². The van der Waals surface area contributed by atoms with Crippen LogP contribution in [0.3, 0.4) is 0 Å². The summed E-state index contributed by atoms with van der Waals surface area (Å²) in [5.74, 6) is -0.204. The molecule has 2 nitrogen and oxygen atoms in total. The fraction of sp³-hybridized carbons (Fsp3) is 0.250. The number of hydrogen-bond donors (Lipinski definition) is 1. The third-order valence-corrected chi connectivity index (χ3v) is 3.34. The summed E-state index contributed by atoms with van der Waals surface area (Å²) in [7, 11) is 0. The van der Waals surface area contributed by atoms with E-state index in [4.69, 9.17) is 0 Å². The van der Waals surface area contributed by atoms with Crippen LogP contribution in [0.2, 0.25) is 0 Å². The molecule has 84 valence electrons. The summed E-state index contributed by atoms with van der Waals surface area (Å²) in [5, 5.41) is 6.30. The summed E-state index contributed by atoms with van der Waals surface area (Å²) in [5.41, 5.74) is 1.85. The van der Waals surface area contributed by atoms with E-state index in [1.54, 1.807) is 23.6 Å². The summed E-state index contributed by atoms with van der Waals surface area (Å²) in [4.78, 5) is 4.24. The van der Waals surface area contributed by atoms with Crippen molar-refractivity contribution in [3.63, 3.8) is 0 Å². The standard InChI is InChI=1S/C12H13FN2S/c1-8-7-10(13)3-4-11(8)15-9(2)12-14-5-6-16-12/h3-7,9,15H,1-2H3. The maximum Gasteiger partial charge on any atom is 0.123 e. The molecule has 4 heteroatoms. The van der Waals surface area contributed by atoms with E-state index in [0.717, 1.165) is 16.3 Å². The van der Waals surface area contributed by atoms with Crippen LogP contribution >= 0.6 is 11.3 Å². The van der Waals surface area contributed by atoms with Gasteiger partial charge in [-0.05, 0) is 37.6 Å². The van der Waals surface area contributed by atoms with Crippen molar-refractivity contribution in [3.8, 4) is 0 Å². The van der Waals surface area contributed by atoms with Crippen molar-refractivity contribution in [1.82, 2.24) is 4.98 Å². The Balaban J connectivity index is 2.15. The summed E-state index contributed by atoms with van der Waals surface area (Å²) in [6, 6.07) is 4.89. The molecule has 0 aliphatic heterocycles. The SMILES string of the molecule is Cc1cc(F)ccc1NC(C)c1nccs1. The molecule has 0 aliphatic carbocycles. The highest BCUT2D eigenvalue weighted by Gasteiger charge is 2.09. The smallest absolute Gasteiger partial charge is 0.123 e. The highest BCUT2D eigenvalue weighted by atomic mass is 32.1. The van der Waals surface area contributed by atoms with Gasteiger partial charge in [0.15, 0.2) is 0 Å². The van der Waals surface area contributed by atoms with Crippen molar-refractivity contribution >= 4 is 17.0 Å². The van der Waals surface area contributed by atoms with E-state index in [1.165, 1.54) is 12.1 Å². The molecule has 1 N–H and O–H groups in total. The van der Waals surface area contributed by atoms with Crippen molar-refractivity contribution in [2.24, 2.45) is 0 Å². The van der Waals surface area contributed by atoms with Gasteiger partial charge in [0.05, 0.1) is 6.04 Å². The van der Waals surface area contributed by atoms with Crippen LogP contribution in [0.4, 0.5) is 10.1 Å². The number of benzene rings is 1. The van der Waals surface area contributed by atoms with Crippen molar-refractivity contribution in [1.29, 1.82) is 0 Å². The molecule has 1 unspecified atom stereocenters. The number of aromatic nitrogens is 1. The van der Waals surface area contributed by atoms with E-state index in [2.05, 4.69) is 10.3 Å². The molecule has 2 rings (SSSR count). The van der Waals surface area contributed by atoms with Crippen LogP contribution in [0.15, 0.2) is 29.8 Å². The lowest BCUT2D eigenvalue weighted by atomic mass is 10.2. The van der Waals surface area contributed by atoms with Crippen molar-refractivity contribution in [2.45, 2.75) is 19.9 Å². The minimum absolute atomic E-state index is 0.143. The molecule has 0 spiro atoms. The number of aryl methyl sites for hydroxylation is 1. The zero-order chi connectivity index (χ0) is 11.5. The molecule has 0 amide bonds. The van der Waals surface area contributed by atoms with E-state index in [-0.39, 0.29) is 11.9 Å². The van der Waals surface area contributed by atoms with Crippen LogP contribution < -0.4 is 5.32 Å². The van der Waals surface area contributed by atoms with Gasteiger partial charge in [-0.25, -0.2) is 9.37 Å². The lowest BCUT2D eigenvalue weighted by Crippen LogP contribution is -2.07. The minimum atomic E-state index is -0.204. The summed E-state index contributed by atoms with van der Waals surface area (Å²) in [6.07, 6.45) is 1.79. The van der Waals surface area contributed by atoms with E-state index < -0.39 is 0 Å². The second kappa shape index (κ2) is 4.61. The number of nitrogens with one attached hydrogen (secondary N) is 1. The number of anilines is 1. The second-order valence-corrected chi connectivity index (χ2v) is 4.62. The van der Waals surface area contributed by atoms with Crippen molar-refractivity contribution in [3.05, 3.63) is 46.2 Å². The molecule has 0 radical (unpaired) electrons. The zero-order valence-corrected chi connectivity index (χ0v) is 10.0. The lowest BCUT2D eigenvalue weighted by molar-refractivity contribution is 0.626. The van der Waals surface area contributed by atoms with Gasteiger partial charge in [-0.15, -0.1) is 11.3 Å². The summed E-state index contributed by atoms with van der Waals surface area (Å²) in [6.45, 7) is 3.93. The molecule has 0 aliphatic rings. The Morgan fingerprint density at radius 2 is 2.25 bits per heavy atom. The van der Waals surface area contributed by atoms with Gasteiger partial charge in [0.25, 0.3) is 0 Å². The molecule has 1 heterocycles. The van der Waals surface area contributed by atoms with Gasteiger partial charge >= 0.3 is 0 Å². The molecule has 2 aromatic rings. The number of rotatable bonds is 3. The summed E-state index contributed by atoms with van der Waals surface area (Å²) >= 11 is 1.61. The third kappa shape index (κ3) is 2.39. The van der Waals surface area contributed by atoms with Crippen LogP contribution in [0.25, 0.3) is 0 Å². The predicted octanol–water partition coefficient (Wildman–Crippen LogP) is 3.76. The molecule has 0 saturated heterocycles. The van der Waals surface area contributed by atoms with Gasteiger partial charge in [0.2, 0.25) is 0 Å². The van der Waals surface area contributed by atoms with Gasteiger partial charge in [0.1, 0.15) is 10.8 Å². The molecule has 0 saturated carbocycles.